The third kappa shape index (κ3) is 1.99. The molecule has 0 aromatic carbocycles. The fraction of sp³-hybridized carbons (Fsp3) is 0.667. The highest BCUT2D eigenvalue weighted by Crippen LogP contribution is 2.24. The van der Waals surface area contributed by atoms with E-state index >= 15 is 0 Å². The predicted molar refractivity (Wildman–Crippen MR) is 57.4 cm³/mol. The summed E-state index contributed by atoms with van der Waals surface area (Å²) in [5.74, 6) is 0. The first kappa shape index (κ1) is 11.7. The number of aliphatic hydroxyl groups excluding tert-OH is 2. The zero-order chi connectivity index (χ0) is 10.9. The van der Waals surface area contributed by atoms with E-state index in [0.29, 0.717) is 5.33 Å². The Labute approximate surface area is 91.7 Å². The summed E-state index contributed by atoms with van der Waals surface area (Å²) in [6, 6.07) is 0. The normalized spacial score (nSPS) is 15.6. The van der Waals surface area contributed by atoms with Crippen LogP contribution in [-0.2, 0) is 7.05 Å². The van der Waals surface area contributed by atoms with Crippen LogP contribution in [-0.4, -0.2) is 31.4 Å². The molecule has 0 aliphatic rings. The molecule has 80 valence electrons. The molecule has 0 aliphatic carbocycles. The average molecular weight is 263 g/mol. The number of nitrogens with zero attached hydrogens (tertiary/aromatic N) is 2. The molecule has 0 saturated heterocycles. The van der Waals surface area contributed by atoms with Gasteiger partial charge in [0.05, 0.1) is 11.8 Å². The number of rotatable bonds is 3. The van der Waals surface area contributed by atoms with Gasteiger partial charge in [-0.05, 0) is 13.8 Å². The maximum atomic E-state index is 9.83. The molecule has 1 aromatic heterocycles. The van der Waals surface area contributed by atoms with Gasteiger partial charge in [-0.15, -0.1) is 0 Å². The van der Waals surface area contributed by atoms with Crippen molar-refractivity contribution in [2.45, 2.75) is 26.1 Å². The summed E-state index contributed by atoms with van der Waals surface area (Å²) in [4.78, 5) is 0. The number of alkyl halides is 1. The van der Waals surface area contributed by atoms with E-state index in [1.807, 2.05) is 20.9 Å². The Morgan fingerprint density at radius 2 is 2.00 bits per heavy atom. The van der Waals surface area contributed by atoms with Crippen LogP contribution in [0, 0.1) is 13.8 Å². The van der Waals surface area contributed by atoms with Crippen molar-refractivity contribution in [3.8, 4) is 0 Å². The lowest BCUT2D eigenvalue weighted by Gasteiger charge is -2.15. The van der Waals surface area contributed by atoms with Gasteiger partial charge in [0.1, 0.15) is 6.10 Å². The molecule has 5 heteroatoms. The third-order valence-corrected chi connectivity index (χ3v) is 3.05. The van der Waals surface area contributed by atoms with Gasteiger partial charge in [0.15, 0.2) is 0 Å². The van der Waals surface area contributed by atoms with Crippen LogP contribution in [0.25, 0.3) is 0 Å². The zero-order valence-electron chi connectivity index (χ0n) is 8.53. The van der Waals surface area contributed by atoms with Crippen LogP contribution >= 0.6 is 15.9 Å². The van der Waals surface area contributed by atoms with Gasteiger partial charge in [0.2, 0.25) is 0 Å². The second kappa shape index (κ2) is 4.42. The van der Waals surface area contributed by atoms with Gasteiger partial charge in [-0.25, -0.2) is 0 Å². The van der Waals surface area contributed by atoms with Crippen molar-refractivity contribution in [3.63, 3.8) is 0 Å². The smallest absolute Gasteiger partial charge is 0.109 e. The highest BCUT2D eigenvalue weighted by Gasteiger charge is 2.23. The van der Waals surface area contributed by atoms with Crippen molar-refractivity contribution in [3.05, 3.63) is 17.0 Å². The second-order valence-corrected chi connectivity index (χ2v) is 4.02. The van der Waals surface area contributed by atoms with Crippen molar-refractivity contribution in [1.29, 1.82) is 0 Å². The molecule has 0 bridgehead atoms. The predicted octanol–water partition coefficient (Wildman–Crippen LogP) is 0.826. The van der Waals surface area contributed by atoms with Gasteiger partial charge in [0.25, 0.3) is 0 Å². The molecular formula is C9H15BrN2O2. The third-order valence-electron chi connectivity index (χ3n) is 2.38. The van der Waals surface area contributed by atoms with E-state index < -0.39 is 12.2 Å². The molecule has 4 nitrogen and oxygen atoms in total. The summed E-state index contributed by atoms with van der Waals surface area (Å²) < 4.78 is 1.70. The van der Waals surface area contributed by atoms with E-state index in [4.69, 9.17) is 0 Å². The number of halogens is 1. The Morgan fingerprint density at radius 1 is 1.43 bits per heavy atom. The molecule has 2 atom stereocenters. The minimum absolute atomic E-state index is 0.349. The van der Waals surface area contributed by atoms with Crippen LogP contribution in [0.2, 0.25) is 0 Å². The summed E-state index contributed by atoms with van der Waals surface area (Å²) in [6.45, 7) is 3.70. The lowest BCUT2D eigenvalue weighted by Crippen LogP contribution is -2.20. The summed E-state index contributed by atoms with van der Waals surface area (Å²) in [7, 11) is 1.82. The number of hydrogen-bond donors (Lipinski definition) is 2. The Morgan fingerprint density at radius 3 is 2.36 bits per heavy atom. The number of aliphatic hydroxyl groups is 2. The van der Waals surface area contributed by atoms with E-state index in [1.54, 1.807) is 4.68 Å². The molecule has 1 rings (SSSR count). The van der Waals surface area contributed by atoms with Crippen molar-refractivity contribution < 1.29 is 10.2 Å². The molecule has 0 aliphatic heterocycles. The Hall–Kier alpha value is -0.390. The Bertz CT molecular complexity index is 325. The van der Waals surface area contributed by atoms with E-state index in [9.17, 15) is 10.2 Å². The van der Waals surface area contributed by atoms with E-state index in [2.05, 4.69) is 21.0 Å². The van der Waals surface area contributed by atoms with Crippen molar-refractivity contribution in [2.24, 2.45) is 7.05 Å². The lowest BCUT2D eigenvalue weighted by molar-refractivity contribution is 0.0334. The summed E-state index contributed by atoms with van der Waals surface area (Å²) >= 11 is 3.13. The first-order valence-electron chi connectivity index (χ1n) is 4.41. The number of aromatic nitrogens is 2. The van der Waals surface area contributed by atoms with Gasteiger partial charge in [0, 0.05) is 23.6 Å². The highest BCUT2D eigenvalue weighted by molar-refractivity contribution is 9.09. The first-order chi connectivity index (χ1) is 6.49. The maximum Gasteiger partial charge on any atom is 0.109 e. The van der Waals surface area contributed by atoms with Gasteiger partial charge in [-0.1, -0.05) is 15.9 Å². The lowest BCUT2D eigenvalue weighted by atomic mass is 10.0. The molecule has 0 saturated carbocycles. The first-order valence-corrected chi connectivity index (χ1v) is 5.53. The Balaban J connectivity index is 3.05. The van der Waals surface area contributed by atoms with Crippen molar-refractivity contribution in [1.82, 2.24) is 9.78 Å². The SMILES string of the molecule is Cc1nn(C)c(C)c1C(O)C(O)CBr. The monoisotopic (exact) mass is 262 g/mol. The quantitative estimate of drug-likeness (QED) is 0.794. The molecule has 2 N–H and O–H groups in total. The fourth-order valence-electron chi connectivity index (χ4n) is 1.49. The van der Waals surface area contributed by atoms with Crippen LogP contribution in [0.1, 0.15) is 23.1 Å². The molecule has 0 spiro atoms. The summed E-state index contributed by atoms with van der Waals surface area (Å²) in [5, 5.41) is 23.9. The van der Waals surface area contributed by atoms with Crippen LogP contribution in [0.5, 0.6) is 0 Å². The van der Waals surface area contributed by atoms with Crippen molar-refractivity contribution in [2.75, 3.05) is 5.33 Å². The van der Waals surface area contributed by atoms with Gasteiger partial charge in [-0.3, -0.25) is 4.68 Å². The Kier molecular flexibility index (Phi) is 3.69. The van der Waals surface area contributed by atoms with Crippen LogP contribution in [0.4, 0.5) is 0 Å². The van der Waals surface area contributed by atoms with E-state index in [1.165, 1.54) is 0 Å². The highest BCUT2D eigenvalue weighted by atomic mass is 79.9. The molecule has 1 heterocycles. The molecule has 14 heavy (non-hydrogen) atoms. The molecular weight excluding hydrogens is 248 g/mol. The summed E-state index contributed by atoms with van der Waals surface area (Å²) in [5.41, 5.74) is 2.37. The van der Waals surface area contributed by atoms with Crippen LogP contribution in [0.3, 0.4) is 0 Å². The van der Waals surface area contributed by atoms with Gasteiger partial charge >= 0.3 is 0 Å². The molecule has 0 fully saturated rings. The number of aryl methyl sites for hydroxylation is 2. The molecule has 0 amide bonds. The molecule has 1 aromatic rings. The van der Waals surface area contributed by atoms with Crippen LogP contribution < -0.4 is 0 Å². The largest absolute Gasteiger partial charge is 0.389 e. The minimum atomic E-state index is -0.872. The molecule has 0 radical (unpaired) electrons. The van der Waals surface area contributed by atoms with E-state index in [-0.39, 0.29) is 0 Å². The second-order valence-electron chi connectivity index (χ2n) is 3.37. The topological polar surface area (TPSA) is 58.3 Å². The average Bonchev–Trinajstić information content (AvgIpc) is 2.39. The zero-order valence-corrected chi connectivity index (χ0v) is 10.1. The molecule has 2 unspecified atom stereocenters. The standard InChI is InChI=1S/C9H15BrN2O2/c1-5-8(6(2)12(3)11-5)9(14)7(13)4-10/h7,9,13-14H,4H2,1-3H3. The summed E-state index contributed by atoms with van der Waals surface area (Å²) in [6.07, 6.45) is -1.67. The van der Waals surface area contributed by atoms with Crippen LogP contribution in [0.15, 0.2) is 0 Å². The maximum absolute atomic E-state index is 9.83. The fourth-order valence-corrected chi connectivity index (χ4v) is 1.85. The minimum Gasteiger partial charge on any atom is -0.389 e. The van der Waals surface area contributed by atoms with Crippen molar-refractivity contribution >= 4 is 15.9 Å². The van der Waals surface area contributed by atoms with E-state index in [0.717, 1.165) is 17.0 Å². The van der Waals surface area contributed by atoms with Gasteiger partial charge < -0.3 is 10.2 Å². The number of hydrogen-bond acceptors (Lipinski definition) is 3. The van der Waals surface area contributed by atoms with Gasteiger partial charge in [-0.2, -0.15) is 5.10 Å².